The molecule has 1 fully saturated rings. The van der Waals surface area contributed by atoms with Crippen molar-refractivity contribution in [2.24, 2.45) is 5.92 Å². The highest BCUT2D eigenvalue weighted by atomic mass is 16.5. The van der Waals surface area contributed by atoms with Gasteiger partial charge in [-0.05, 0) is 54.7 Å². The largest absolute Gasteiger partial charge is 0.461 e. The van der Waals surface area contributed by atoms with Crippen molar-refractivity contribution in [2.45, 2.75) is 44.9 Å². The summed E-state index contributed by atoms with van der Waals surface area (Å²) in [5.41, 5.74) is 10.1. The zero-order valence-electron chi connectivity index (χ0n) is 14.0. The van der Waals surface area contributed by atoms with Crippen molar-refractivity contribution >= 4 is 5.69 Å². The minimum absolute atomic E-state index is 0.628. The van der Waals surface area contributed by atoms with Crippen LogP contribution in [0.1, 0.15) is 48.9 Å². The van der Waals surface area contributed by atoms with Gasteiger partial charge in [-0.1, -0.05) is 31.4 Å². The van der Waals surface area contributed by atoms with Crippen LogP contribution in [0.25, 0.3) is 0 Å². The summed E-state index contributed by atoms with van der Waals surface area (Å²) in [4.78, 5) is 4.40. The Kier molecular flexibility index (Phi) is 4.24. The van der Waals surface area contributed by atoms with E-state index >= 15 is 0 Å². The zero-order valence-corrected chi connectivity index (χ0v) is 14.0. The van der Waals surface area contributed by atoms with Gasteiger partial charge in [0.25, 0.3) is 0 Å². The molecule has 1 saturated carbocycles. The Morgan fingerprint density at radius 3 is 2.79 bits per heavy atom. The first-order valence-electron chi connectivity index (χ1n) is 8.98. The molecule has 3 heteroatoms. The SMILES string of the molecule is Nc1ccnc(Cc2ccc3c(c2)CC=C(C2CCCCC2)O3)c1. The number of rotatable bonds is 3. The number of benzene rings is 1. The number of pyridine rings is 1. The van der Waals surface area contributed by atoms with Crippen LogP contribution < -0.4 is 10.5 Å². The van der Waals surface area contributed by atoms with Gasteiger partial charge >= 0.3 is 0 Å². The van der Waals surface area contributed by atoms with Crippen molar-refractivity contribution < 1.29 is 4.74 Å². The molecule has 1 aliphatic carbocycles. The molecule has 0 atom stereocenters. The summed E-state index contributed by atoms with van der Waals surface area (Å²) in [5, 5.41) is 0. The second-order valence-electron chi connectivity index (χ2n) is 6.95. The Morgan fingerprint density at radius 1 is 1.08 bits per heavy atom. The lowest BCUT2D eigenvalue weighted by molar-refractivity contribution is 0.281. The number of hydrogen-bond donors (Lipinski definition) is 1. The lowest BCUT2D eigenvalue weighted by Crippen LogP contribution is -2.16. The quantitative estimate of drug-likeness (QED) is 0.895. The average Bonchev–Trinajstić information content (AvgIpc) is 2.62. The third-order valence-electron chi connectivity index (χ3n) is 5.11. The summed E-state index contributed by atoms with van der Waals surface area (Å²) < 4.78 is 6.22. The predicted molar refractivity (Wildman–Crippen MR) is 96.9 cm³/mol. The monoisotopic (exact) mass is 320 g/mol. The second-order valence-corrected chi connectivity index (χ2v) is 6.95. The molecule has 1 aromatic heterocycles. The standard InChI is InChI=1S/C21H24N2O/c22-18-10-11-23-19(14-18)13-15-6-8-21-17(12-15)7-9-20(24-21)16-4-2-1-3-5-16/h6,8-12,14,16H,1-5,7,13H2,(H2,22,23). The van der Waals surface area contributed by atoms with Gasteiger partial charge in [0.2, 0.25) is 0 Å². The van der Waals surface area contributed by atoms with Crippen LogP contribution in [0, 0.1) is 5.92 Å². The van der Waals surface area contributed by atoms with Gasteiger partial charge in [-0.25, -0.2) is 0 Å². The smallest absolute Gasteiger partial charge is 0.130 e. The van der Waals surface area contributed by atoms with Gasteiger partial charge in [0.05, 0.1) is 0 Å². The molecule has 0 saturated heterocycles. The summed E-state index contributed by atoms with van der Waals surface area (Å²) >= 11 is 0. The highest BCUT2D eigenvalue weighted by Gasteiger charge is 2.23. The second kappa shape index (κ2) is 6.68. The van der Waals surface area contributed by atoms with E-state index in [4.69, 9.17) is 10.5 Å². The van der Waals surface area contributed by atoms with Gasteiger partial charge in [0.15, 0.2) is 0 Å². The maximum Gasteiger partial charge on any atom is 0.130 e. The van der Waals surface area contributed by atoms with E-state index in [2.05, 4.69) is 29.3 Å². The Balaban J connectivity index is 1.49. The number of fused-ring (bicyclic) bond motifs is 1. The number of ether oxygens (including phenoxy) is 1. The number of nitrogens with two attached hydrogens (primary N) is 1. The van der Waals surface area contributed by atoms with Crippen LogP contribution in [0.3, 0.4) is 0 Å². The van der Waals surface area contributed by atoms with Gasteiger partial charge in [0, 0.05) is 29.9 Å². The van der Waals surface area contributed by atoms with Crippen LogP contribution in [0.4, 0.5) is 5.69 Å². The molecule has 0 amide bonds. The fraction of sp³-hybridized carbons (Fsp3) is 0.381. The van der Waals surface area contributed by atoms with Crippen LogP contribution in [0.5, 0.6) is 5.75 Å². The van der Waals surface area contributed by atoms with Crippen molar-refractivity contribution in [1.29, 1.82) is 0 Å². The first-order chi connectivity index (χ1) is 11.8. The van der Waals surface area contributed by atoms with Crippen LogP contribution in [0.15, 0.2) is 48.4 Å². The van der Waals surface area contributed by atoms with E-state index in [1.54, 1.807) is 6.20 Å². The number of allylic oxidation sites excluding steroid dienone is 2. The molecule has 124 valence electrons. The average molecular weight is 320 g/mol. The van der Waals surface area contributed by atoms with Crippen molar-refractivity contribution in [3.05, 3.63) is 65.2 Å². The van der Waals surface area contributed by atoms with E-state index in [0.29, 0.717) is 5.92 Å². The molecule has 4 rings (SSSR count). The number of nitrogens with zero attached hydrogens (tertiary/aromatic N) is 1. The Hall–Kier alpha value is -2.29. The Labute approximate surface area is 143 Å². The molecule has 1 aliphatic heterocycles. The molecular formula is C21H24N2O. The Morgan fingerprint density at radius 2 is 1.96 bits per heavy atom. The van der Waals surface area contributed by atoms with Crippen LogP contribution in [-0.4, -0.2) is 4.98 Å². The fourth-order valence-electron chi connectivity index (χ4n) is 3.82. The molecule has 24 heavy (non-hydrogen) atoms. The van der Waals surface area contributed by atoms with E-state index in [1.807, 2.05) is 12.1 Å². The van der Waals surface area contributed by atoms with Gasteiger partial charge in [-0.3, -0.25) is 4.98 Å². The van der Waals surface area contributed by atoms with Crippen molar-refractivity contribution in [1.82, 2.24) is 4.98 Å². The molecule has 1 aromatic carbocycles. The molecule has 2 heterocycles. The van der Waals surface area contributed by atoms with Crippen LogP contribution >= 0.6 is 0 Å². The first kappa shape index (κ1) is 15.3. The summed E-state index contributed by atoms with van der Waals surface area (Å²) in [5.74, 6) is 2.86. The highest BCUT2D eigenvalue weighted by Crippen LogP contribution is 2.36. The molecule has 2 N–H and O–H groups in total. The summed E-state index contributed by atoms with van der Waals surface area (Å²) in [6.45, 7) is 0. The van der Waals surface area contributed by atoms with Gasteiger partial charge in [0.1, 0.15) is 11.5 Å². The van der Waals surface area contributed by atoms with Crippen molar-refractivity contribution in [2.75, 3.05) is 5.73 Å². The molecule has 0 unspecified atom stereocenters. The molecule has 2 aromatic rings. The molecule has 0 bridgehead atoms. The fourth-order valence-corrected chi connectivity index (χ4v) is 3.82. The van der Waals surface area contributed by atoms with E-state index < -0.39 is 0 Å². The summed E-state index contributed by atoms with van der Waals surface area (Å²) in [6.07, 6.45) is 12.4. The van der Waals surface area contributed by atoms with Crippen LogP contribution in [0.2, 0.25) is 0 Å². The first-order valence-corrected chi connectivity index (χ1v) is 8.98. The maximum atomic E-state index is 6.22. The predicted octanol–water partition coefficient (Wildman–Crippen LogP) is 4.65. The Bertz CT molecular complexity index is 760. The molecule has 0 radical (unpaired) electrons. The minimum Gasteiger partial charge on any atom is -0.461 e. The minimum atomic E-state index is 0.628. The summed E-state index contributed by atoms with van der Waals surface area (Å²) in [6, 6.07) is 10.3. The number of nitrogen functional groups attached to an aromatic ring is 1. The molecule has 2 aliphatic rings. The van der Waals surface area contributed by atoms with Crippen molar-refractivity contribution in [3.63, 3.8) is 0 Å². The third-order valence-corrected chi connectivity index (χ3v) is 5.11. The lowest BCUT2D eigenvalue weighted by Gasteiger charge is -2.27. The van der Waals surface area contributed by atoms with Crippen LogP contribution in [-0.2, 0) is 12.8 Å². The van der Waals surface area contributed by atoms with E-state index in [0.717, 1.165) is 30.0 Å². The lowest BCUT2D eigenvalue weighted by atomic mass is 9.86. The zero-order chi connectivity index (χ0) is 16.4. The van der Waals surface area contributed by atoms with E-state index in [-0.39, 0.29) is 0 Å². The number of aromatic nitrogens is 1. The van der Waals surface area contributed by atoms with Crippen molar-refractivity contribution in [3.8, 4) is 5.75 Å². The van der Waals surface area contributed by atoms with Gasteiger partial charge in [-0.15, -0.1) is 0 Å². The third kappa shape index (κ3) is 3.30. The summed E-state index contributed by atoms with van der Waals surface area (Å²) in [7, 11) is 0. The van der Waals surface area contributed by atoms with E-state index in [9.17, 15) is 0 Å². The molecular weight excluding hydrogens is 296 g/mol. The van der Waals surface area contributed by atoms with E-state index in [1.165, 1.54) is 49.0 Å². The number of anilines is 1. The number of hydrogen-bond acceptors (Lipinski definition) is 3. The topological polar surface area (TPSA) is 48.1 Å². The highest BCUT2D eigenvalue weighted by molar-refractivity contribution is 5.44. The molecule has 0 spiro atoms. The van der Waals surface area contributed by atoms with Gasteiger partial charge < -0.3 is 10.5 Å². The van der Waals surface area contributed by atoms with Gasteiger partial charge in [-0.2, -0.15) is 0 Å². The maximum absolute atomic E-state index is 6.22. The molecule has 3 nitrogen and oxygen atoms in total. The normalized spacial score (nSPS) is 17.8.